The number of hydrogen-bond donors (Lipinski definition) is 1. The lowest BCUT2D eigenvalue weighted by Crippen LogP contribution is -2.40. The van der Waals surface area contributed by atoms with Crippen molar-refractivity contribution in [2.45, 2.75) is 51.7 Å². The van der Waals surface area contributed by atoms with Crippen molar-refractivity contribution in [3.05, 3.63) is 68.3 Å². The molecule has 2 aromatic carbocycles. The molecule has 0 aliphatic carbocycles. The van der Waals surface area contributed by atoms with E-state index in [-0.39, 0.29) is 11.8 Å². The largest absolute Gasteiger partial charge is 0.348 e. The number of carbonyl (C=O) groups excluding carboxylic acids is 2. The zero-order chi connectivity index (χ0) is 21.8. The first-order valence-corrected chi connectivity index (χ1v) is 12.3. The van der Waals surface area contributed by atoms with E-state index in [1.165, 1.54) is 22.8 Å². The van der Waals surface area contributed by atoms with Gasteiger partial charge in [-0.25, -0.2) is 0 Å². The lowest BCUT2D eigenvalue weighted by atomic mass is 10.0. The van der Waals surface area contributed by atoms with Crippen LogP contribution >= 0.6 is 22.6 Å². The van der Waals surface area contributed by atoms with Crippen molar-refractivity contribution >= 4 is 34.4 Å². The van der Waals surface area contributed by atoms with Crippen LogP contribution in [0.5, 0.6) is 0 Å². The van der Waals surface area contributed by atoms with Crippen LogP contribution in [-0.2, 0) is 13.1 Å². The number of amides is 2. The smallest absolute Gasteiger partial charge is 0.254 e. The Morgan fingerprint density at radius 3 is 2.90 bits per heavy atom. The van der Waals surface area contributed by atoms with Gasteiger partial charge >= 0.3 is 0 Å². The van der Waals surface area contributed by atoms with Crippen LogP contribution in [0.1, 0.15) is 64.4 Å². The van der Waals surface area contributed by atoms with E-state index >= 15 is 0 Å². The van der Waals surface area contributed by atoms with Crippen molar-refractivity contribution in [3.8, 4) is 0 Å². The third-order valence-corrected chi connectivity index (χ3v) is 7.08. The number of carbonyl (C=O) groups is 2. The number of rotatable bonds is 7. The molecule has 0 spiro atoms. The molecule has 0 aromatic heterocycles. The molecule has 1 saturated heterocycles. The Morgan fingerprint density at radius 1 is 1.23 bits per heavy atom. The summed E-state index contributed by atoms with van der Waals surface area (Å²) in [6.45, 7) is 6.31. The summed E-state index contributed by atoms with van der Waals surface area (Å²) in [6, 6.07) is 14.4. The maximum atomic E-state index is 13.5. The maximum Gasteiger partial charge on any atom is 0.254 e. The van der Waals surface area contributed by atoms with Crippen LogP contribution in [0.15, 0.2) is 42.5 Å². The molecule has 1 atom stereocenters. The molecule has 31 heavy (non-hydrogen) atoms. The summed E-state index contributed by atoms with van der Waals surface area (Å²) in [5, 5.41) is 2.83. The highest BCUT2D eigenvalue weighted by Crippen LogP contribution is 2.21. The Labute approximate surface area is 198 Å². The van der Waals surface area contributed by atoms with E-state index in [0.717, 1.165) is 30.6 Å². The predicted octanol–water partition coefficient (Wildman–Crippen LogP) is 4.44. The number of fused-ring (bicyclic) bond motifs is 1. The number of nitrogens with zero attached hydrogens (tertiary/aromatic N) is 2. The number of benzene rings is 2. The maximum absolute atomic E-state index is 13.5. The van der Waals surface area contributed by atoms with Gasteiger partial charge in [0.05, 0.1) is 0 Å². The summed E-state index contributed by atoms with van der Waals surface area (Å²) >= 11 is 2.31. The van der Waals surface area contributed by atoms with Gasteiger partial charge in [0.2, 0.25) is 0 Å². The van der Waals surface area contributed by atoms with Gasteiger partial charge in [0.15, 0.2) is 0 Å². The molecule has 5 nitrogen and oxygen atoms in total. The van der Waals surface area contributed by atoms with E-state index < -0.39 is 0 Å². The molecule has 1 unspecified atom stereocenters. The van der Waals surface area contributed by atoms with E-state index in [2.05, 4.69) is 57.9 Å². The molecule has 0 bridgehead atoms. The van der Waals surface area contributed by atoms with Crippen LogP contribution in [-0.4, -0.2) is 47.3 Å². The number of hydrogen-bond acceptors (Lipinski definition) is 3. The normalized spacial score (nSPS) is 18.5. The molecule has 0 radical (unpaired) electrons. The molecule has 2 aliphatic rings. The van der Waals surface area contributed by atoms with Gasteiger partial charge in [-0.05, 0) is 90.7 Å². The molecule has 1 fully saturated rings. The summed E-state index contributed by atoms with van der Waals surface area (Å²) < 4.78 is 1.17. The molecule has 1 N–H and O–H groups in total. The third-order valence-electron chi connectivity index (χ3n) is 6.40. The van der Waals surface area contributed by atoms with E-state index in [4.69, 9.17) is 0 Å². The predicted molar refractivity (Wildman–Crippen MR) is 131 cm³/mol. The second-order valence-electron chi connectivity index (χ2n) is 8.65. The van der Waals surface area contributed by atoms with Gasteiger partial charge in [-0.15, -0.1) is 0 Å². The van der Waals surface area contributed by atoms with Crippen LogP contribution < -0.4 is 5.32 Å². The van der Waals surface area contributed by atoms with E-state index in [0.29, 0.717) is 36.8 Å². The van der Waals surface area contributed by atoms with E-state index in [9.17, 15) is 9.59 Å². The van der Waals surface area contributed by atoms with Gasteiger partial charge in [-0.2, -0.15) is 0 Å². The Bertz CT molecular complexity index is 962. The fourth-order valence-electron chi connectivity index (χ4n) is 4.59. The zero-order valence-electron chi connectivity index (χ0n) is 18.1. The minimum atomic E-state index is -0.0899. The highest BCUT2D eigenvalue weighted by atomic mass is 127. The van der Waals surface area contributed by atoms with Crippen molar-refractivity contribution in [1.29, 1.82) is 0 Å². The summed E-state index contributed by atoms with van der Waals surface area (Å²) in [5.74, 6) is -0.0963. The fourth-order valence-corrected chi connectivity index (χ4v) is 5.20. The number of nitrogens with one attached hydrogen (secondary N) is 1. The molecule has 2 heterocycles. The van der Waals surface area contributed by atoms with Gasteiger partial charge < -0.3 is 15.1 Å². The quantitative estimate of drug-likeness (QED) is 0.538. The van der Waals surface area contributed by atoms with Crippen molar-refractivity contribution in [3.63, 3.8) is 0 Å². The van der Waals surface area contributed by atoms with Crippen LogP contribution in [0.25, 0.3) is 0 Å². The molecular formula is C25H30IN3O2. The Kier molecular flexibility index (Phi) is 7.27. The molecule has 6 heteroatoms. The first-order valence-electron chi connectivity index (χ1n) is 11.2. The average Bonchev–Trinajstić information content (AvgIpc) is 3.14. The minimum absolute atomic E-state index is 0.00643. The lowest BCUT2D eigenvalue weighted by Gasteiger charge is -2.34. The van der Waals surface area contributed by atoms with Crippen LogP contribution in [0.4, 0.5) is 0 Å². The van der Waals surface area contributed by atoms with E-state index in [1.807, 2.05) is 23.1 Å². The molecule has 0 saturated carbocycles. The van der Waals surface area contributed by atoms with Crippen molar-refractivity contribution in [2.24, 2.45) is 0 Å². The molecular weight excluding hydrogens is 501 g/mol. The highest BCUT2D eigenvalue weighted by Gasteiger charge is 2.23. The van der Waals surface area contributed by atoms with Gasteiger partial charge in [-0.3, -0.25) is 9.59 Å². The van der Waals surface area contributed by atoms with Gasteiger partial charge in [-0.1, -0.05) is 24.6 Å². The minimum Gasteiger partial charge on any atom is -0.348 e. The molecule has 164 valence electrons. The SMILES string of the molecule is CC1CCCCN1CCCN(Cc1cccc(I)c1)C(=O)c1ccc2c(c1)C(=O)NC2. The monoisotopic (exact) mass is 531 g/mol. The molecule has 2 aliphatic heterocycles. The van der Waals surface area contributed by atoms with Crippen LogP contribution in [0.3, 0.4) is 0 Å². The second kappa shape index (κ2) is 10.1. The van der Waals surface area contributed by atoms with Gasteiger partial charge in [0, 0.05) is 46.9 Å². The lowest BCUT2D eigenvalue weighted by molar-refractivity contribution is 0.0726. The highest BCUT2D eigenvalue weighted by molar-refractivity contribution is 14.1. The van der Waals surface area contributed by atoms with Gasteiger partial charge in [0.1, 0.15) is 0 Å². The van der Waals surface area contributed by atoms with Crippen molar-refractivity contribution in [1.82, 2.24) is 15.1 Å². The summed E-state index contributed by atoms with van der Waals surface area (Å²) in [7, 11) is 0. The Balaban J connectivity index is 1.49. The number of halogens is 1. The van der Waals surface area contributed by atoms with Crippen molar-refractivity contribution in [2.75, 3.05) is 19.6 Å². The summed E-state index contributed by atoms with van der Waals surface area (Å²) in [6.07, 6.45) is 4.81. The molecule has 4 rings (SSSR count). The average molecular weight is 531 g/mol. The first-order chi connectivity index (χ1) is 15.0. The zero-order valence-corrected chi connectivity index (χ0v) is 20.2. The first kappa shape index (κ1) is 22.3. The number of piperidine rings is 1. The van der Waals surface area contributed by atoms with Crippen LogP contribution in [0.2, 0.25) is 0 Å². The number of likely N-dealkylation sites (tertiary alicyclic amines) is 1. The second-order valence-corrected chi connectivity index (χ2v) is 9.89. The van der Waals surface area contributed by atoms with Crippen LogP contribution in [0, 0.1) is 3.57 Å². The summed E-state index contributed by atoms with van der Waals surface area (Å²) in [4.78, 5) is 30.0. The topological polar surface area (TPSA) is 52.7 Å². The fraction of sp³-hybridized carbons (Fsp3) is 0.440. The Hall–Kier alpha value is -1.93. The molecule has 2 amide bonds. The molecule has 2 aromatic rings. The summed E-state index contributed by atoms with van der Waals surface area (Å²) in [5.41, 5.74) is 3.31. The van der Waals surface area contributed by atoms with Gasteiger partial charge in [0.25, 0.3) is 11.8 Å². The van der Waals surface area contributed by atoms with E-state index in [1.54, 1.807) is 6.07 Å². The Morgan fingerprint density at radius 2 is 2.10 bits per heavy atom. The third kappa shape index (κ3) is 5.47. The standard InChI is InChI=1S/C25H30IN3O2/c1-18-6-2-3-11-28(18)12-5-13-29(17-19-7-4-8-22(26)14-19)25(31)20-9-10-21-16-27-24(30)23(21)15-20/h4,7-10,14-15,18H,2-3,5-6,11-13,16-17H2,1H3,(H,27,30). The van der Waals surface area contributed by atoms with Crippen molar-refractivity contribution < 1.29 is 9.59 Å².